The van der Waals surface area contributed by atoms with Crippen LogP contribution in [0.15, 0.2) is 30.5 Å². The highest BCUT2D eigenvalue weighted by atomic mass is 16.4. The third-order valence-electron chi connectivity index (χ3n) is 5.88. The van der Waals surface area contributed by atoms with Crippen molar-refractivity contribution in [2.45, 2.75) is 70.3 Å². The van der Waals surface area contributed by atoms with Crippen LogP contribution >= 0.6 is 0 Å². The molecule has 2 aromatic rings. The molecule has 0 fully saturated rings. The van der Waals surface area contributed by atoms with Crippen LogP contribution in [-0.2, 0) is 30.4 Å². The summed E-state index contributed by atoms with van der Waals surface area (Å²) in [5.41, 5.74) is 12.8. The van der Waals surface area contributed by atoms with Crippen molar-refractivity contribution in [1.29, 1.82) is 0 Å². The number of primary amides is 1. The molecule has 5 atom stereocenters. The first-order chi connectivity index (χ1) is 17.8. The molecule has 38 heavy (non-hydrogen) atoms. The van der Waals surface area contributed by atoms with Crippen LogP contribution in [0.3, 0.4) is 0 Å². The van der Waals surface area contributed by atoms with Gasteiger partial charge in [-0.15, -0.1) is 0 Å². The van der Waals surface area contributed by atoms with E-state index in [1.54, 1.807) is 6.20 Å². The number of aliphatic hydroxyl groups excluding tert-OH is 1. The molecule has 10 N–H and O–H groups in total. The molecule has 0 aliphatic heterocycles. The number of carboxylic acid groups (broad SMARTS) is 1. The van der Waals surface area contributed by atoms with Crippen LogP contribution in [0.1, 0.15) is 39.2 Å². The molecule has 0 spiro atoms. The lowest BCUT2D eigenvalue weighted by atomic mass is 10.0. The van der Waals surface area contributed by atoms with E-state index in [0.717, 1.165) is 17.8 Å². The standard InChI is InChI=1S/C25H36N6O7/c1-12(2)8-16(26)22(34)29-18(9-14-11-28-17-7-5-4-6-15(14)17)23(35)30-19(10-20(27)33)24(36)31-21(13(3)32)25(37)38/h4-7,11-13,16,18-19,21,28,32H,8-10,26H2,1-3H3,(H2,27,33)(H,29,34)(H,30,35)(H,31,36)(H,37,38). The van der Waals surface area contributed by atoms with E-state index in [0.29, 0.717) is 12.0 Å². The Labute approximate surface area is 219 Å². The summed E-state index contributed by atoms with van der Waals surface area (Å²) in [5.74, 6) is -4.76. The number of aliphatic hydroxyl groups is 1. The van der Waals surface area contributed by atoms with E-state index in [1.165, 1.54) is 0 Å². The first-order valence-electron chi connectivity index (χ1n) is 12.2. The Morgan fingerprint density at radius 1 is 0.947 bits per heavy atom. The quantitative estimate of drug-likeness (QED) is 0.148. The van der Waals surface area contributed by atoms with Crippen LogP contribution in [0.25, 0.3) is 10.9 Å². The zero-order valence-corrected chi connectivity index (χ0v) is 21.6. The van der Waals surface area contributed by atoms with E-state index in [9.17, 15) is 34.2 Å². The monoisotopic (exact) mass is 532 g/mol. The molecule has 208 valence electrons. The van der Waals surface area contributed by atoms with Crippen molar-refractivity contribution in [3.8, 4) is 0 Å². The zero-order chi connectivity index (χ0) is 28.6. The van der Waals surface area contributed by atoms with Crippen molar-refractivity contribution in [3.05, 3.63) is 36.0 Å². The van der Waals surface area contributed by atoms with Crippen LogP contribution < -0.4 is 27.4 Å². The number of para-hydroxylation sites is 1. The Kier molecular flexibility index (Phi) is 10.8. The minimum absolute atomic E-state index is 0.0202. The van der Waals surface area contributed by atoms with E-state index >= 15 is 0 Å². The van der Waals surface area contributed by atoms with E-state index in [1.807, 2.05) is 38.1 Å². The first-order valence-corrected chi connectivity index (χ1v) is 12.2. The number of carbonyl (C=O) groups is 5. The molecule has 0 aliphatic rings. The molecule has 5 unspecified atom stereocenters. The fourth-order valence-electron chi connectivity index (χ4n) is 3.95. The summed E-state index contributed by atoms with van der Waals surface area (Å²) >= 11 is 0. The average Bonchev–Trinajstić information content (AvgIpc) is 3.23. The molecular formula is C25H36N6O7. The molecule has 4 amide bonds. The average molecular weight is 533 g/mol. The van der Waals surface area contributed by atoms with Gasteiger partial charge in [0.1, 0.15) is 12.1 Å². The Balaban J connectivity index is 2.32. The molecule has 2 rings (SSSR count). The second-order valence-electron chi connectivity index (χ2n) is 9.66. The molecule has 13 nitrogen and oxygen atoms in total. The highest BCUT2D eigenvalue weighted by Crippen LogP contribution is 2.19. The number of aromatic amines is 1. The SMILES string of the molecule is CC(C)CC(N)C(=O)NC(Cc1c[nH]c2ccccc12)C(=O)NC(CC(N)=O)C(=O)NC(C(=O)O)C(C)O. The number of carboxylic acids is 1. The van der Waals surface area contributed by atoms with E-state index in [-0.39, 0.29) is 12.3 Å². The van der Waals surface area contributed by atoms with E-state index < -0.39 is 66.3 Å². The van der Waals surface area contributed by atoms with Gasteiger partial charge in [0.2, 0.25) is 23.6 Å². The van der Waals surface area contributed by atoms with Crippen LogP contribution in [0.4, 0.5) is 0 Å². The van der Waals surface area contributed by atoms with Gasteiger partial charge in [0.05, 0.1) is 18.6 Å². The maximum absolute atomic E-state index is 13.4. The number of aromatic nitrogens is 1. The van der Waals surface area contributed by atoms with E-state index in [4.69, 9.17) is 11.5 Å². The summed E-state index contributed by atoms with van der Waals surface area (Å²) in [5, 5.41) is 26.8. The molecule has 1 aromatic carbocycles. The van der Waals surface area contributed by atoms with Gasteiger partial charge in [0.15, 0.2) is 6.04 Å². The maximum atomic E-state index is 13.4. The zero-order valence-electron chi connectivity index (χ0n) is 21.6. The van der Waals surface area contributed by atoms with Gasteiger partial charge in [-0.05, 0) is 30.9 Å². The van der Waals surface area contributed by atoms with Crippen molar-refractivity contribution in [1.82, 2.24) is 20.9 Å². The Morgan fingerprint density at radius 2 is 1.55 bits per heavy atom. The van der Waals surface area contributed by atoms with Gasteiger partial charge in [0.25, 0.3) is 0 Å². The summed E-state index contributed by atoms with van der Waals surface area (Å²) in [6, 6.07) is 2.01. The highest BCUT2D eigenvalue weighted by Gasteiger charge is 2.33. The maximum Gasteiger partial charge on any atom is 0.328 e. The Morgan fingerprint density at radius 3 is 2.13 bits per heavy atom. The van der Waals surface area contributed by atoms with E-state index in [2.05, 4.69) is 20.9 Å². The van der Waals surface area contributed by atoms with Gasteiger partial charge in [0, 0.05) is 23.5 Å². The number of nitrogens with one attached hydrogen (secondary N) is 4. The number of rotatable bonds is 14. The summed E-state index contributed by atoms with van der Waals surface area (Å²) < 4.78 is 0. The number of aliphatic carboxylic acids is 1. The molecule has 1 heterocycles. The molecule has 0 saturated heterocycles. The van der Waals surface area contributed by atoms with Gasteiger partial charge >= 0.3 is 5.97 Å². The summed E-state index contributed by atoms with van der Waals surface area (Å²) in [7, 11) is 0. The number of carbonyl (C=O) groups excluding carboxylic acids is 4. The molecule has 0 aliphatic carbocycles. The molecule has 0 radical (unpaired) electrons. The minimum atomic E-state index is -1.69. The number of H-pyrrole nitrogens is 1. The van der Waals surface area contributed by atoms with Crippen LogP contribution in [0.2, 0.25) is 0 Å². The number of nitrogens with two attached hydrogens (primary N) is 2. The second kappa shape index (κ2) is 13.5. The molecule has 0 saturated carbocycles. The fraction of sp³-hybridized carbons (Fsp3) is 0.480. The number of benzene rings is 1. The third-order valence-corrected chi connectivity index (χ3v) is 5.88. The van der Waals surface area contributed by atoms with Crippen LogP contribution in [0.5, 0.6) is 0 Å². The Hall–Kier alpha value is -3.97. The van der Waals surface area contributed by atoms with Crippen molar-refractivity contribution in [2.24, 2.45) is 17.4 Å². The van der Waals surface area contributed by atoms with Gasteiger partial charge in [-0.3, -0.25) is 19.2 Å². The van der Waals surface area contributed by atoms with Crippen molar-refractivity contribution >= 4 is 40.5 Å². The van der Waals surface area contributed by atoms with Gasteiger partial charge < -0.3 is 42.6 Å². The predicted octanol–water partition coefficient (Wildman–Crippen LogP) is -1.12. The van der Waals surface area contributed by atoms with Crippen molar-refractivity contribution in [2.75, 3.05) is 0 Å². The largest absolute Gasteiger partial charge is 0.480 e. The second-order valence-corrected chi connectivity index (χ2v) is 9.66. The predicted molar refractivity (Wildman–Crippen MR) is 138 cm³/mol. The molecule has 0 bridgehead atoms. The summed E-state index contributed by atoms with van der Waals surface area (Å²) in [6.45, 7) is 4.95. The molecule has 13 heteroatoms. The van der Waals surface area contributed by atoms with Gasteiger partial charge in [-0.25, -0.2) is 4.79 Å². The minimum Gasteiger partial charge on any atom is -0.480 e. The van der Waals surface area contributed by atoms with Gasteiger partial charge in [-0.2, -0.15) is 0 Å². The number of fused-ring (bicyclic) bond motifs is 1. The summed E-state index contributed by atoms with van der Waals surface area (Å²) in [6.07, 6.45) is -0.0245. The van der Waals surface area contributed by atoms with Crippen molar-refractivity contribution in [3.63, 3.8) is 0 Å². The number of hydrogen-bond donors (Lipinski definition) is 8. The number of hydrogen-bond acceptors (Lipinski definition) is 7. The fourth-order valence-corrected chi connectivity index (χ4v) is 3.95. The van der Waals surface area contributed by atoms with Crippen LogP contribution in [-0.4, -0.2) is 75.1 Å². The number of amides is 4. The van der Waals surface area contributed by atoms with Crippen molar-refractivity contribution < 1.29 is 34.2 Å². The normalized spacial score (nSPS) is 15.2. The molecule has 1 aromatic heterocycles. The lowest BCUT2D eigenvalue weighted by Gasteiger charge is -2.25. The van der Waals surface area contributed by atoms with Gasteiger partial charge in [-0.1, -0.05) is 32.0 Å². The van der Waals surface area contributed by atoms with Crippen LogP contribution in [0, 0.1) is 5.92 Å². The molecular weight excluding hydrogens is 496 g/mol. The third kappa shape index (κ3) is 8.56. The summed E-state index contributed by atoms with van der Waals surface area (Å²) in [4.78, 5) is 65.0. The first kappa shape index (κ1) is 30.3. The lowest BCUT2D eigenvalue weighted by molar-refractivity contribution is -0.145. The Bertz CT molecular complexity index is 1160. The highest BCUT2D eigenvalue weighted by molar-refractivity contribution is 5.96. The lowest BCUT2D eigenvalue weighted by Crippen LogP contribution is -2.59. The smallest absolute Gasteiger partial charge is 0.328 e. The topological polar surface area (TPSA) is 230 Å².